The Hall–Kier alpha value is -0.570. The van der Waals surface area contributed by atoms with E-state index < -0.39 is 0 Å². The largest absolute Gasteiger partial charge is 0.329 e. The van der Waals surface area contributed by atoms with Crippen LogP contribution in [0, 0.1) is 17.8 Å². The van der Waals surface area contributed by atoms with Crippen LogP contribution in [0.5, 0.6) is 0 Å². The van der Waals surface area contributed by atoms with Crippen LogP contribution in [0.15, 0.2) is 24.3 Å². The van der Waals surface area contributed by atoms with Crippen molar-refractivity contribution < 1.29 is 0 Å². The Kier molecular flexibility index (Phi) is 4.34. The number of benzene rings is 1. The van der Waals surface area contributed by atoms with Crippen molar-refractivity contribution in [2.45, 2.75) is 31.7 Å². The van der Waals surface area contributed by atoms with Gasteiger partial charge in [-0.1, -0.05) is 30.2 Å². The van der Waals surface area contributed by atoms with Gasteiger partial charge in [-0.2, -0.15) is 0 Å². The monoisotopic (exact) mass is 292 g/mol. The van der Waals surface area contributed by atoms with Gasteiger partial charge in [-0.3, -0.25) is 4.90 Å². The van der Waals surface area contributed by atoms with E-state index in [0.29, 0.717) is 6.54 Å². The van der Waals surface area contributed by atoms with Crippen LogP contribution in [-0.2, 0) is 0 Å². The Balaban J connectivity index is 1.66. The van der Waals surface area contributed by atoms with E-state index in [0.717, 1.165) is 22.8 Å². The van der Waals surface area contributed by atoms with Crippen molar-refractivity contribution in [3.05, 3.63) is 34.9 Å². The second-order valence-electron chi connectivity index (χ2n) is 6.68. The molecule has 110 valence electrons. The number of hydrogen-bond donors (Lipinski definition) is 1. The maximum absolute atomic E-state index is 6.11. The molecule has 0 amide bonds. The highest BCUT2D eigenvalue weighted by Crippen LogP contribution is 2.48. The molecule has 2 bridgehead atoms. The molecule has 0 radical (unpaired) electrons. The van der Waals surface area contributed by atoms with Crippen LogP contribution in [0.2, 0.25) is 5.02 Å². The summed E-state index contributed by atoms with van der Waals surface area (Å²) in [5, 5.41) is 0.800. The number of nitrogens with zero attached hydrogens (tertiary/aromatic N) is 1. The lowest BCUT2D eigenvalue weighted by molar-refractivity contribution is 0.176. The van der Waals surface area contributed by atoms with E-state index in [2.05, 4.69) is 24.1 Å². The van der Waals surface area contributed by atoms with Crippen molar-refractivity contribution in [1.29, 1.82) is 0 Å². The Morgan fingerprint density at radius 2 is 2.20 bits per heavy atom. The van der Waals surface area contributed by atoms with Gasteiger partial charge in [0.05, 0.1) is 0 Å². The number of halogens is 1. The van der Waals surface area contributed by atoms with Gasteiger partial charge in [0.2, 0.25) is 0 Å². The minimum absolute atomic E-state index is 0.285. The number of likely N-dealkylation sites (N-methyl/N-ethyl adjacent to an activating group) is 1. The SMILES string of the molecule is CN(CC1CC2CCC1C2)C(CN)c1cccc(Cl)c1. The second-order valence-corrected chi connectivity index (χ2v) is 7.12. The Morgan fingerprint density at radius 1 is 1.35 bits per heavy atom. The third-order valence-corrected chi connectivity index (χ3v) is 5.63. The van der Waals surface area contributed by atoms with Crippen LogP contribution in [-0.4, -0.2) is 25.0 Å². The first kappa shape index (κ1) is 14.4. The molecule has 0 heterocycles. The molecule has 2 N–H and O–H groups in total. The van der Waals surface area contributed by atoms with Crippen LogP contribution in [0.1, 0.15) is 37.3 Å². The molecule has 1 aromatic carbocycles. The van der Waals surface area contributed by atoms with Gasteiger partial charge in [0.25, 0.3) is 0 Å². The highest BCUT2D eigenvalue weighted by Gasteiger charge is 2.40. The zero-order valence-electron chi connectivity index (χ0n) is 12.3. The number of rotatable bonds is 5. The molecule has 2 nitrogen and oxygen atoms in total. The zero-order chi connectivity index (χ0) is 14.1. The molecule has 4 unspecified atom stereocenters. The normalized spacial score (nSPS) is 30.1. The van der Waals surface area contributed by atoms with E-state index in [9.17, 15) is 0 Å². The van der Waals surface area contributed by atoms with E-state index in [4.69, 9.17) is 17.3 Å². The first-order valence-corrected chi connectivity index (χ1v) is 8.21. The molecule has 3 heteroatoms. The van der Waals surface area contributed by atoms with Crippen molar-refractivity contribution in [2.75, 3.05) is 20.1 Å². The van der Waals surface area contributed by atoms with Gasteiger partial charge in [0.1, 0.15) is 0 Å². The molecule has 3 rings (SSSR count). The molecule has 2 saturated carbocycles. The Morgan fingerprint density at radius 3 is 2.80 bits per heavy atom. The van der Waals surface area contributed by atoms with Gasteiger partial charge in [-0.15, -0.1) is 0 Å². The minimum Gasteiger partial charge on any atom is -0.329 e. The summed E-state index contributed by atoms with van der Waals surface area (Å²) in [7, 11) is 2.21. The summed E-state index contributed by atoms with van der Waals surface area (Å²) >= 11 is 6.11. The van der Waals surface area contributed by atoms with Crippen molar-refractivity contribution in [3.63, 3.8) is 0 Å². The maximum Gasteiger partial charge on any atom is 0.0468 e. The molecule has 2 fully saturated rings. The molecule has 0 spiro atoms. The quantitative estimate of drug-likeness (QED) is 0.896. The molecule has 4 atom stereocenters. The predicted octanol–water partition coefficient (Wildman–Crippen LogP) is 3.71. The third-order valence-electron chi connectivity index (χ3n) is 5.40. The predicted molar refractivity (Wildman–Crippen MR) is 84.8 cm³/mol. The molecule has 2 aliphatic rings. The van der Waals surface area contributed by atoms with E-state index >= 15 is 0 Å². The van der Waals surface area contributed by atoms with Crippen LogP contribution >= 0.6 is 11.6 Å². The number of hydrogen-bond acceptors (Lipinski definition) is 2. The molecule has 1 aromatic rings. The Labute approximate surface area is 127 Å². The summed E-state index contributed by atoms with van der Waals surface area (Å²) in [6, 6.07) is 8.42. The molecular weight excluding hydrogens is 268 g/mol. The van der Waals surface area contributed by atoms with E-state index in [-0.39, 0.29) is 6.04 Å². The zero-order valence-corrected chi connectivity index (χ0v) is 13.0. The summed E-state index contributed by atoms with van der Waals surface area (Å²) in [5.41, 5.74) is 7.26. The molecular formula is C17H25ClN2. The van der Waals surface area contributed by atoms with E-state index in [1.165, 1.54) is 37.8 Å². The van der Waals surface area contributed by atoms with Crippen molar-refractivity contribution in [2.24, 2.45) is 23.5 Å². The third kappa shape index (κ3) is 2.88. The fourth-order valence-corrected chi connectivity index (χ4v) is 4.58. The topological polar surface area (TPSA) is 29.3 Å². The summed E-state index contributed by atoms with van der Waals surface area (Å²) in [6.45, 7) is 1.83. The molecule has 20 heavy (non-hydrogen) atoms. The molecule has 2 aliphatic carbocycles. The lowest BCUT2D eigenvalue weighted by Crippen LogP contribution is -2.35. The standard InChI is InChI=1S/C17H25ClN2/c1-20(11-15-8-12-5-6-13(15)7-12)17(10-19)14-3-2-4-16(18)9-14/h2-4,9,12-13,15,17H,5-8,10-11,19H2,1H3. The van der Waals surface area contributed by atoms with Gasteiger partial charge < -0.3 is 5.73 Å². The fraction of sp³-hybridized carbons (Fsp3) is 0.647. The average Bonchev–Trinajstić information content (AvgIpc) is 3.02. The maximum atomic E-state index is 6.11. The van der Waals surface area contributed by atoms with Gasteiger partial charge in [-0.05, 0) is 61.8 Å². The molecule has 0 aromatic heterocycles. The first-order valence-electron chi connectivity index (χ1n) is 7.83. The molecule has 0 saturated heterocycles. The smallest absolute Gasteiger partial charge is 0.0468 e. The average molecular weight is 293 g/mol. The lowest BCUT2D eigenvalue weighted by Gasteiger charge is -2.32. The van der Waals surface area contributed by atoms with E-state index in [1.54, 1.807) is 0 Å². The van der Waals surface area contributed by atoms with Gasteiger partial charge in [0, 0.05) is 24.2 Å². The van der Waals surface area contributed by atoms with Crippen LogP contribution in [0.25, 0.3) is 0 Å². The minimum atomic E-state index is 0.285. The number of nitrogens with two attached hydrogens (primary N) is 1. The van der Waals surface area contributed by atoms with Crippen molar-refractivity contribution in [3.8, 4) is 0 Å². The summed E-state index contributed by atoms with van der Waals surface area (Å²) in [4.78, 5) is 2.44. The van der Waals surface area contributed by atoms with Gasteiger partial charge in [-0.25, -0.2) is 0 Å². The lowest BCUT2D eigenvalue weighted by atomic mass is 9.88. The van der Waals surface area contributed by atoms with Crippen LogP contribution in [0.4, 0.5) is 0 Å². The van der Waals surface area contributed by atoms with Crippen molar-refractivity contribution in [1.82, 2.24) is 4.90 Å². The summed E-state index contributed by atoms with van der Waals surface area (Å²) in [6.07, 6.45) is 5.83. The second kappa shape index (κ2) is 6.05. The van der Waals surface area contributed by atoms with Crippen molar-refractivity contribution >= 4 is 11.6 Å². The van der Waals surface area contributed by atoms with Crippen LogP contribution in [0.3, 0.4) is 0 Å². The van der Waals surface area contributed by atoms with Gasteiger partial charge >= 0.3 is 0 Å². The van der Waals surface area contributed by atoms with E-state index in [1.807, 2.05) is 12.1 Å². The fourth-order valence-electron chi connectivity index (χ4n) is 4.38. The van der Waals surface area contributed by atoms with Crippen LogP contribution < -0.4 is 5.73 Å². The highest BCUT2D eigenvalue weighted by atomic mass is 35.5. The van der Waals surface area contributed by atoms with Gasteiger partial charge in [0.15, 0.2) is 0 Å². The highest BCUT2D eigenvalue weighted by molar-refractivity contribution is 6.30. The Bertz CT molecular complexity index is 462. The first-order chi connectivity index (χ1) is 9.67. The summed E-state index contributed by atoms with van der Waals surface area (Å²) in [5.74, 6) is 2.87. The number of fused-ring (bicyclic) bond motifs is 2. The summed E-state index contributed by atoms with van der Waals surface area (Å²) < 4.78 is 0. The molecule has 0 aliphatic heterocycles.